The summed E-state index contributed by atoms with van der Waals surface area (Å²) in [5.41, 5.74) is 0.573. The van der Waals surface area contributed by atoms with Gasteiger partial charge in [0, 0.05) is 19.7 Å². The van der Waals surface area contributed by atoms with E-state index < -0.39 is 0 Å². The zero-order valence-electron chi connectivity index (χ0n) is 9.26. The number of ether oxygens (including phenoxy) is 1. The summed E-state index contributed by atoms with van der Waals surface area (Å²) in [5, 5.41) is 16.9. The normalized spacial score (nSPS) is 21.2. The van der Waals surface area contributed by atoms with Crippen LogP contribution >= 0.6 is 0 Å². The van der Waals surface area contributed by atoms with E-state index in [0.717, 1.165) is 26.1 Å². The van der Waals surface area contributed by atoms with Crippen LogP contribution in [-0.4, -0.2) is 36.0 Å². The topological polar surface area (TPSA) is 62.0 Å². The minimum atomic E-state index is 0.163. The van der Waals surface area contributed by atoms with Gasteiger partial charge in [0.2, 0.25) is 0 Å². The van der Waals surface area contributed by atoms with Crippen LogP contribution in [0.2, 0.25) is 0 Å². The molecule has 0 radical (unpaired) electrons. The Bertz CT molecular complexity index is 401. The zero-order valence-corrected chi connectivity index (χ0v) is 9.26. The second-order valence-electron chi connectivity index (χ2n) is 3.86. The number of anilines is 1. The summed E-state index contributed by atoms with van der Waals surface area (Å²) in [5.74, 6) is 0.669. The molecule has 1 saturated heterocycles. The lowest BCUT2D eigenvalue weighted by Gasteiger charge is -2.23. The molecule has 1 aliphatic heterocycles. The minimum Gasteiger partial charge on any atom is -0.377 e. The van der Waals surface area contributed by atoms with Gasteiger partial charge in [0.05, 0.1) is 17.9 Å². The molecular weight excluding hydrogens is 204 g/mol. The molecule has 2 heterocycles. The minimum absolute atomic E-state index is 0.163. The summed E-state index contributed by atoms with van der Waals surface area (Å²) in [6.45, 7) is 4.41. The highest BCUT2D eigenvalue weighted by Gasteiger charge is 2.19. The second kappa shape index (κ2) is 4.90. The molecule has 0 bridgehead atoms. The maximum Gasteiger partial charge on any atom is 0.169 e. The summed E-state index contributed by atoms with van der Waals surface area (Å²) in [6.07, 6.45) is 2.65. The second-order valence-corrected chi connectivity index (χ2v) is 3.86. The highest BCUT2D eigenvalue weighted by molar-refractivity contribution is 5.52. The van der Waals surface area contributed by atoms with Crippen molar-refractivity contribution in [3.8, 4) is 6.07 Å². The Kier molecular flexibility index (Phi) is 3.32. The van der Waals surface area contributed by atoms with Gasteiger partial charge in [-0.25, -0.2) is 0 Å². The fourth-order valence-corrected chi connectivity index (χ4v) is 1.83. The van der Waals surface area contributed by atoms with Crippen LogP contribution in [0.4, 0.5) is 5.82 Å². The summed E-state index contributed by atoms with van der Waals surface area (Å²) in [7, 11) is 0. The lowest BCUT2D eigenvalue weighted by atomic mass is 10.2. The molecule has 16 heavy (non-hydrogen) atoms. The molecule has 0 N–H and O–H groups in total. The third kappa shape index (κ3) is 2.28. The summed E-state index contributed by atoms with van der Waals surface area (Å²) >= 11 is 0. The number of rotatable bonds is 1. The van der Waals surface area contributed by atoms with Crippen molar-refractivity contribution in [2.45, 2.75) is 19.4 Å². The first kappa shape index (κ1) is 10.8. The number of hydrogen-bond donors (Lipinski definition) is 0. The molecular formula is C11H14N4O. The van der Waals surface area contributed by atoms with Crippen molar-refractivity contribution in [3.63, 3.8) is 0 Å². The summed E-state index contributed by atoms with van der Waals surface area (Å²) in [4.78, 5) is 2.07. The van der Waals surface area contributed by atoms with Gasteiger partial charge in [-0.15, -0.1) is 5.10 Å². The highest BCUT2D eigenvalue weighted by Crippen LogP contribution is 2.18. The largest absolute Gasteiger partial charge is 0.377 e. The van der Waals surface area contributed by atoms with Crippen LogP contribution < -0.4 is 4.90 Å². The lowest BCUT2D eigenvalue weighted by Crippen LogP contribution is -2.31. The molecule has 5 nitrogen and oxygen atoms in total. The third-order valence-electron chi connectivity index (χ3n) is 2.57. The summed E-state index contributed by atoms with van der Waals surface area (Å²) < 4.78 is 5.56. The molecule has 0 aliphatic carbocycles. The smallest absolute Gasteiger partial charge is 0.169 e. The van der Waals surface area contributed by atoms with Crippen molar-refractivity contribution in [2.24, 2.45) is 0 Å². The zero-order chi connectivity index (χ0) is 11.4. The molecule has 1 aromatic heterocycles. The van der Waals surface area contributed by atoms with Gasteiger partial charge in [-0.1, -0.05) is 0 Å². The van der Waals surface area contributed by atoms with E-state index in [4.69, 9.17) is 10.00 Å². The molecule has 2 rings (SSSR count). The molecule has 0 amide bonds. The number of aromatic nitrogens is 2. The predicted octanol–water partition coefficient (Wildman–Crippen LogP) is 0.963. The maximum absolute atomic E-state index is 9.01. The fourth-order valence-electron chi connectivity index (χ4n) is 1.83. The maximum atomic E-state index is 9.01. The standard InChI is InChI=1S/C11H14N4O/c1-9-8-15(5-2-6-16-9)11-10(7-12)3-4-13-14-11/h3-4,9H,2,5-6,8H2,1H3. The number of hydrogen-bond acceptors (Lipinski definition) is 5. The molecule has 0 saturated carbocycles. The van der Waals surface area contributed by atoms with Crippen molar-refractivity contribution in [2.75, 3.05) is 24.6 Å². The molecule has 84 valence electrons. The Hall–Kier alpha value is -1.67. The first-order valence-corrected chi connectivity index (χ1v) is 5.39. The monoisotopic (exact) mass is 218 g/mol. The van der Waals surface area contributed by atoms with Crippen LogP contribution in [0.15, 0.2) is 12.3 Å². The van der Waals surface area contributed by atoms with Crippen molar-refractivity contribution in [1.82, 2.24) is 10.2 Å². The van der Waals surface area contributed by atoms with E-state index in [9.17, 15) is 0 Å². The van der Waals surface area contributed by atoms with E-state index >= 15 is 0 Å². The van der Waals surface area contributed by atoms with Crippen molar-refractivity contribution in [1.29, 1.82) is 5.26 Å². The Morgan fingerprint density at radius 2 is 2.50 bits per heavy atom. The van der Waals surface area contributed by atoms with Crippen molar-refractivity contribution >= 4 is 5.82 Å². The van der Waals surface area contributed by atoms with E-state index in [1.54, 1.807) is 12.3 Å². The third-order valence-corrected chi connectivity index (χ3v) is 2.57. The number of nitrogens with zero attached hydrogens (tertiary/aromatic N) is 4. The van der Waals surface area contributed by atoms with Gasteiger partial charge in [0.25, 0.3) is 0 Å². The van der Waals surface area contributed by atoms with Gasteiger partial charge in [-0.05, 0) is 19.4 Å². The fraction of sp³-hybridized carbons (Fsp3) is 0.545. The van der Waals surface area contributed by atoms with Crippen LogP contribution in [0.25, 0.3) is 0 Å². The van der Waals surface area contributed by atoms with Crippen LogP contribution in [0.5, 0.6) is 0 Å². The van der Waals surface area contributed by atoms with Crippen molar-refractivity contribution in [3.05, 3.63) is 17.8 Å². The van der Waals surface area contributed by atoms with Crippen LogP contribution in [0, 0.1) is 11.3 Å². The molecule has 1 aliphatic rings. The van der Waals surface area contributed by atoms with Gasteiger partial charge < -0.3 is 9.64 Å². The first-order valence-electron chi connectivity index (χ1n) is 5.39. The Morgan fingerprint density at radius 3 is 3.31 bits per heavy atom. The van der Waals surface area contributed by atoms with Crippen molar-refractivity contribution < 1.29 is 4.74 Å². The Labute approximate surface area is 94.7 Å². The average molecular weight is 218 g/mol. The molecule has 0 spiro atoms. The van der Waals surface area contributed by atoms with E-state index in [1.807, 2.05) is 6.92 Å². The quantitative estimate of drug-likeness (QED) is 0.702. The first-order chi connectivity index (χ1) is 7.81. The summed E-state index contributed by atoms with van der Waals surface area (Å²) in [6, 6.07) is 3.84. The SMILES string of the molecule is CC1CN(c2nnccc2C#N)CCCO1. The molecule has 5 heteroatoms. The van der Waals surface area contributed by atoms with E-state index in [-0.39, 0.29) is 6.10 Å². The van der Waals surface area contributed by atoms with Gasteiger partial charge in [0.1, 0.15) is 6.07 Å². The Morgan fingerprint density at radius 1 is 1.62 bits per heavy atom. The average Bonchev–Trinajstić information content (AvgIpc) is 2.54. The van der Waals surface area contributed by atoms with Crippen LogP contribution in [-0.2, 0) is 4.74 Å². The molecule has 1 unspecified atom stereocenters. The van der Waals surface area contributed by atoms with Gasteiger partial charge in [-0.2, -0.15) is 10.4 Å². The van der Waals surface area contributed by atoms with E-state index in [0.29, 0.717) is 11.4 Å². The van der Waals surface area contributed by atoms with Gasteiger partial charge in [0.15, 0.2) is 5.82 Å². The number of nitriles is 1. The van der Waals surface area contributed by atoms with E-state index in [1.165, 1.54) is 0 Å². The molecule has 1 fully saturated rings. The molecule has 1 atom stereocenters. The van der Waals surface area contributed by atoms with Gasteiger partial charge in [-0.3, -0.25) is 0 Å². The Balaban J connectivity index is 2.25. The predicted molar refractivity (Wildman–Crippen MR) is 59.0 cm³/mol. The van der Waals surface area contributed by atoms with Crippen LogP contribution in [0.3, 0.4) is 0 Å². The van der Waals surface area contributed by atoms with Gasteiger partial charge >= 0.3 is 0 Å². The van der Waals surface area contributed by atoms with E-state index in [2.05, 4.69) is 21.2 Å². The van der Waals surface area contributed by atoms with Crippen LogP contribution in [0.1, 0.15) is 18.9 Å². The lowest BCUT2D eigenvalue weighted by molar-refractivity contribution is 0.0820. The molecule has 1 aromatic rings. The highest BCUT2D eigenvalue weighted by atomic mass is 16.5. The molecule has 0 aromatic carbocycles.